The quantitative estimate of drug-likeness (QED) is 0.743. The van der Waals surface area contributed by atoms with Crippen LogP contribution in [0.2, 0.25) is 0 Å². The highest BCUT2D eigenvalue weighted by atomic mass is 16.1. The number of aromatic amines is 2. The molecule has 1 heterocycles. The summed E-state index contributed by atoms with van der Waals surface area (Å²) < 4.78 is 0. The van der Waals surface area contributed by atoms with E-state index in [4.69, 9.17) is 5.73 Å². The van der Waals surface area contributed by atoms with Crippen LogP contribution in [0, 0.1) is 17.8 Å². The first-order chi connectivity index (χ1) is 8.70. The van der Waals surface area contributed by atoms with Gasteiger partial charge in [-0.05, 0) is 56.3 Å². The lowest BCUT2D eigenvalue weighted by Gasteiger charge is -2.56. The molecule has 0 spiro atoms. The van der Waals surface area contributed by atoms with Crippen molar-refractivity contribution >= 4 is 0 Å². The van der Waals surface area contributed by atoms with Crippen LogP contribution in [0.25, 0.3) is 0 Å². The fraction of sp³-hybridized carbons (Fsp3) is 0.786. The summed E-state index contributed by atoms with van der Waals surface area (Å²) in [6, 6.07) is 0. The second-order valence-corrected chi connectivity index (χ2v) is 6.83. The lowest BCUT2D eigenvalue weighted by molar-refractivity contribution is -0.00760. The SMILES string of the molecule is NCc1c(C23CC4CC(CC(C4)C2)C3)[nH][nH]c1=O. The summed E-state index contributed by atoms with van der Waals surface area (Å²) in [5, 5.41) is 5.92. The predicted molar refractivity (Wildman–Crippen MR) is 69.2 cm³/mol. The maximum absolute atomic E-state index is 11.8. The molecule has 0 saturated heterocycles. The summed E-state index contributed by atoms with van der Waals surface area (Å²) in [7, 11) is 0. The van der Waals surface area contributed by atoms with Crippen LogP contribution >= 0.6 is 0 Å². The Bertz CT molecular complexity index is 492. The highest BCUT2D eigenvalue weighted by Gasteiger charge is 2.53. The summed E-state index contributed by atoms with van der Waals surface area (Å²) in [5.74, 6) is 2.67. The Kier molecular flexibility index (Phi) is 2.11. The molecule has 5 rings (SSSR count). The van der Waals surface area contributed by atoms with Gasteiger partial charge in [-0.3, -0.25) is 9.89 Å². The van der Waals surface area contributed by atoms with Crippen molar-refractivity contribution in [2.45, 2.75) is 50.5 Å². The molecular weight excluding hydrogens is 226 g/mol. The molecule has 4 fully saturated rings. The van der Waals surface area contributed by atoms with Crippen LogP contribution in [0.1, 0.15) is 49.8 Å². The molecule has 1 aromatic heterocycles. The highest BCUT2D eigenvalue weighted by Crippen LogP contribution is 2.60. The van der Waals surface area contributed by atoms with Crippen molar-refractivity contribution in [2.24, 2.45) is 23.5 Å². The van der Waals surface area contributed by atoms with Gasteiger partial charge in [0.15, 0.2) is 0 Å². The largest absolute Gasteiger partial charge is 0.326 e. The normalized spacial score (nSPS) is 41.5. The maximum Gasteiger partial charge on any atom is 0.268 e. The first-order valence-electron chi connectivity index (χ1n) is 7.20. The summed E-state index contributed by atoms with van der Waals surface area (Å²) in [6.45, 7) is 0.357. The highest BCUT2D eigenvalue weighted by molar-refractivity contribution is 5.29. The zero-order chi connectivity index (χ0) is 12.3. The standard InChI is InChI=1S/C14H21N3O/c15-7-11-12(16-17-13(11)18)14-4-8-1-9(5-14)3-10(2-8)6-14/h8-10H,1-7,15H2,(H2,16,17,18). The minimum absolute atomic E-state index is 0.0109. The van der Waals surface area contributed by atoms with Gasteiger partial charge in [-0.25, -0.2) is 0 Å². The minimum Gasteiger partial charge on any atom is -0.326 e. The van der Waals surface area contributed by atoms with E-state index in [1.54, 1.807) is 0 Å². The molecule has 0 atom stereocenters. The van der Waals surface area contributed by atoms with Gasteiger partial charge in [-0.1, -0.05) is 0 Å². The number of hydrogen-bond acceptors (Lipinski definition) is 2. The fourth-order valence-electron chi connectivity index (χ4n) is 5.45. The maximum atomic E-state index is 11.8. The van der Waals surface area contributed by atoms with Gasteiger partial charge in [0.1, 0.15) is 0 Å². The van der Waals surface area contributed by atoms with E-state index in [2.05, 4.69) is 10.2 Å². The molecule has 18 heavy (non-hydrogen) atoms. The fourth-order valence-corrected chi connectivity index (χ4v) is 5.45. The van der Waals surface area contributed by atoms with Gasteiger partial charge in [-0.15, -0.1) is 0 Å². The van der Waals surface area contributed by atoms with Crippen LogP contribution in [0.3, 0.4) is 0 Å². The van der Waals surface area contributed by atoms with Crippen LogP contribution in [0.4, 0.5) is 0 Å². The molecule has 4 aliphatic carbocycles. The summed E-state index contributed by atoms with van der Waals surface area (Å²) >= 11 is 0. The first kappa shape index (κ1) is 10.9. The van der Waals surface area contributed by atoms with E-state index in [0.717, 1.165) is 29.0 Å². The van der Waals surface area contributed by atoms with Crippen LogP contribution in [-0.2, 0) is 12.0 Å². The van der Waals surface area contributed by atoms with Crippen LogP contribution in [0.5, 0.6) is 0 Å². The Labute approximate surface area is 106 Å². The second-order valence-electron chi connectivity index (χ2n) is 6.83. The van der Waals surface area contributed by atoms with E-state index < -0.39 is 0 Å². The van der Waals surface area contributed by atoms with Crippen molar-refractivity contribution in [3.8, 4) is 0 Å². The van der Waals surface area contributed by atoms with Gasteiger partial charge in [0, 0.05) is 17.7 Å². The Balaban J connectivity index is 1.81. The van der Waals surface area contributed by atoms with Crippen LogP contribution in [0.15, 0.2) is 4.79 Å². The lowest BCUT2D eigenvalue weighted by atomic mass is 9.48. The number of H-pyrrole nitrogens is 2. The molecule has 4 heteroatoms. The minimum atomic E-state index is -0.0109. The predicted octanol–water partition coefficient (Wildman–Crippen LogP) is 1.63. The number of nitrogens with two attached hydrogens (primary N) is 1. The van der Waals surface area contributed by atoms with Gasteiger partial charge >= 0.3 is 0 Å². The van der Waals surface area contributed by atoms with E-state index in [0.29, 0.717) is 6.54 Å². The third-order valence-electron chi connectivity index (χ3n) is 5.65. The van der Waals surface area contributed by atoms with E-state index in [1.807, 2.05) is 0 Å². The third kappa shape index (κ3) is 1.32. The average molecular weight is 247 g/mol. The van der Waals surface area contributed by atoms with E-state index >= 15 is 0 Å². The van der Waals surface area contributed by atoms with Gasteiger partial charge in [0.05, 0.1) is 5.56 Å². The molecule has 4 saturated carbocycles. The number of hydrogen-bond donors (Lipinski definition) is 3. The van der Waals surface area contributed by atoms with Crippen molar-refractivity contribution in [3.63, 3.8) is 0 Å². The molecule has 0 aliphatic heterocycles. The molecule has 4 bridgehead atoms. The molecule has 0 unspecified atom stereocenters. The molecule has 4 aliphatic rings. The third-order valence-corrected chi connectivity index (χ3v) is 5.65. The number of aromatic nitrogens is 2. The molecule has 0 amide bonds. The smallest absolute Gasteiger partial charge is 0.268 e. The van der Waals surface area contributed by atoms with E-state index in [9.17, 15) is 4.79 Å². The van der Waals surface area contributed by atoms with Gasteiger partial charge < -0.3 is 10.8 Å². The zero-order valence-corrected chi connectivity index (χ0v) is 10.7. The summed E-state index contributed by atoms with van der Waals surface area (Å²) in [6.07, 6.45) is 8.06. The Morgan fingerprint density at radius 1 is 1.06 bits per heavy atom. The Morgan fingerprint density at radius 2 is 1.61 bits per heavy atom. The molecule has 0 radical (unpaired) electrons. The average Bonchev–Trinajstić information content (AvgIpc) is 2.69. The Hall–Kier alpha value is -1.03. The molecule has 1 aromatic rings. The lowest BCUT2D eigenvalue weighted by Crippen LogP contribution is -2.49. The van der Waals surface area contributed by atoms with Crippen molar-refractivity contribution in [3.05, 3.63) is 21.6 Å². The second kappa shape index (κ2) is 3.50. The van der Waals surface area contributed by atoms with E-state index in [1.165, 1.54) is 38.5 Å². The van der Waals surface area contributed by atoms with Crippen molar-refractivity contribution in [2.75, 3.05) is 0 Å². The zero-order valence-electron chi connectivity index (χ0n) is 10.7. The number of nitrogens with one attached hydrogen (secondary N) is 2. The van der Waals surface area contributed by atoms with Crippen molar-refractivity contribution < 1.29 is 0 Å². The van der Waals surface area contributed by atoms with Gasteiger partial charge in [-0.2, -0.15) is 0 Å². The summed E-state index contributed by atoms with van der Waals surface area (Å²) in [5.41, 5.74) is 7.95. The Morgan fingerprint density at radius 3 is 2.11 bits per heavy atom. The van der Waals surface area contributed by atoms with Crippen LogP contribution < -0.4 is 11.3 Å². The van der Waals surface area contributed by atoms with Crippen molar-refractivity contribution in [1.29, 1.82) is 0 Å². The molecule has 4 nitrogen and oxygen atoms in total. The monoisotopic (exact) mass is 247 g/mol. The molecule has 0 aromatic carbocycles. The van der Waals surface area contributed by atoms with Crippen LogP contribution in [-0.4, -0.2) is 10.2 Å². The number of rotatable bonds is 2. The summed E-state index contributed by atoms with van der Waals surface area (Å²) in [4.78, 5) is 11.8. The van der Waals surface area contributed by atoms with Crippen molar-refractivity contribution in [1.82, 2.24) is 10.2 Å². The van der Waals surface area contributed by atoms with Gasteiger partial charge in [0.25, 0.3) is 5.56 Å². The molecule has 98 valence electrons. The molecule has 4 N–H and O–H groups in total. The van der Waals surface area contributed by atoms with Gasteiger partial charge in [0.2, 0.25) is 0 Å². The first-order valence-corrected chi connectivity index (χ1v) is 7.20. The van der Waals surface area contributed by atoms with E-state index in [-0.39, 0.29) is 11.0 Å². The topological polar surface area (TPSA) is 74.7 Å². The molecular formula is C14H21N3O.